The van der Waals surface area contributed by atoms with Crippen LogP contribution < -0.4 is 0 Å². The number of hydrogen-bond donors (Lipinski definition) is 0. The molecule has 0 fully saturated rings. The first-order chi connectivity index (χ1) is 7.06. The van der Waals surface area contributed by atoms with Gasteiger partial charge in [0.15, 0.2) is 0 Å². The second-order valence-electron chi connectivity index (χ2n) is 2.97. The second kappa shape index (κ2) is 7.79. The van der Waals surface area contributed by atoms with E-state index in [2.05, 4.69) is 4.74 Å². The zero-order chi connectivity index (χ0) is 11.7. The van der Waals surface area contributed by atoms with Crippen molar-refractivity contribution in [2.45, 2.75) is 26.4 Å². The summed E-state index contributed by atoms with van der Waals surface area (Å²) in [6.07, 6.45) is 6.87. The van der Waals surface area contributed by atoms with Gasteiger partial charge in [-0.1, -0.05) is 18.2 Å². The van der Waals surface area contributed by atoms with Crippen molar-refractivity contribution in [2.24, 2.45) is 0 Å². The Hall–Kier alpha value is -1.58. The fourth-order valence-electron chi connectivity index (χ4n) is 0.882. The van der Waals surface area contributed by atoms with Gasteiger partial charge in [-0.2, -0.15) is 0 Å². The van der Waals surface area contributed by atoms with Gasteiger partial charge in [0.1, 0.15) is 6.10 Å². The van der Waals surface area contributed by atoms with Gasteiger partial charge in [-0.05, 0) is 6.92 Å². The molecule has 0 N–H and O–H groups in total. The Morgan fingerprint density at radius 3 is 2.53 bits per heavy atom. The third-order valence-electron chi connectivity index (χ3n) is 1.52. The van der Waals surface area contributed by atoms with Crippen LogP contribution in [0.2, 0.25) is 0 Å². The maximum atomic E-state index is 10.6. The van der Waals surface area contributed by atoms with Gasteiger partial charge in [-0.15, -0.1) is 0 Å². The molecule has 4 nitrogen and oxygen atoms in total. The number of carbonyl (C=O) groups is 2. The fraction of sp³-hybridized carbons (Fsp3) is 0.455. The molecule has 0 heterocycles. The van der Waals surface area contributed by atoms with Crippen molar-refractivity contribution >= 4 is 11.9 Å². The van der Waals surface area contributed by atoms with E-state index in [0.29, 0.717) is 6.42 Å². The smallest absolute Gasteiger partial charge is 0.330 e. The summed E-state index contributed by atoms with van der Waals surface area (Å²) in [5.74, 6) is -0.686. The topological polar surface area (TPSA) is 52.6 Å². The zero-order valence-corrected chi connectivity index (χ0v) is 9.23. The molecule has 0 radical (unpaired) electrons. The van der Waals surface area contributed by atoms with Crippen molar-refractivity contribution < 1.29 is 19.1 Å². The Morgan fingerprint density at radius 2 is 2.00 bits per heavy atom. The lowest BCUT2D eigenvalue weighted by Gasteiger charge is -2.07. The molecule has 0 spiro atoms. The third-order valence-corrected chi connectivity index (χ3v) is 1.52. The molecule has 1 atom stereocenters. The zero-order valence-electron chi connectivity index (χ0n) is 9.23. The molecule has 0 rings (SSSR count). The van der Waals surface area contributed by atoms with E-state index < -0.39 is 5.97 Å². The highest BCUT2D eigenvalue weighted by atomic mass is 16.5. The quantitative estimate of drug-likeness (QED) is 0.394. The Balaban J connectivity index is 3.75. The van der Waals surface area contributed by atoms with Crippen LogP contribution in [0.4, 0.5) is 0 Å². The van der Waals surface area contributed by atoms with Crippen LogP contribution in [0.5, 0.6) is 0 Å². The van der Waals surface area contributed by atoms with Crippen LogP contribution in [0.15, 0.2) is 24.3 Å². The van der Waals surface area contributed by atoms with Crippen molar-refractivity contribution in [3.05, 3.63) is 24.3 Å². The van der Waals surface area contributed by atoms with Crippen molar-refractivity contribution in [3.63, 3.8) is 0 Å². The average molecular weight is 212 g/mol. The molecule has 0 aromatic rings. The van der Waals surface area contributed by atoms with E-state index in [9.17, 15) is 9.59 Å². The van der Waals surface area contributed by atoms with E-state index in [4.69, 9.17) is 4.74 Å². The Morgan fingerprint density at radius 1 is 1.33 bits per heavy atom. The van der Waals surface area contributed by atoms with E-state index in [0.717, 1.165) is 0 Å². The largest absolute Gasteiger partial charge is 0.466 e. The van der Waals surface area contributed by atoms with Crippen LogP contribution in [0, 0.1) is 0 Å². The van der Waals surface area contributed by atoms with Gasteiger partial charge < -0.3 is 9.47 Å². The minimum Gasteiger partial charge on any atom is -0.466 e. The molecule has 0 unspecified atom stereocenters. The van der Waals surface area contributed by atoms with Crippen LogP contribution in [0.3, 0.4) is 0 Å². The molecule has 4 heteroatoms. The van der Waals surface area contributed by atoms with E-state index >= 15 is 0 Å². The molecule has 0 aromatic heterocycles. The van der Waals surface area contributed by atoms with Crippen LogP contribution in [-0.2, 0) is 19.1 Å². The number of hydrogen-bond acceptors (Lipinski definition) is 4. The minimum atomic E-state index is -0.396. The van der Waals surface area contributed by atoms with E-state index in [1.165, 1.54) is 20.1 Å². The first-order valence-corrected chi connectivity index (χ1v) is 4.64. The van der Waals surface area contributed by atoms with Crippen LogP contribution in [-0.4, -0.2) is 25.2 Å². The highest BCUT2D eigenvalue weighted by Crippen LogP contribution is 1.98. The first kappa shape index (κ1) is 13.4. The maximum absolute atomic E-state index is 10.6. The molecule has 0 aliphatic rings. The van der Waals surface area contributed by atoms with Crippen LogP contribution >= 0.6 is 0 Å². The number of esters is 2. The summed E-state index contributed by atoms with van der Waals surface area (Å²) in [5.41, 5.74) is 0. The molecule has 0 bridgehead atoms. The molecule has 0 amide bonds. The molecular formula is C11H16O4. The lowest BCUT2D eigenvalue weighted by molar-refractivity contribution is -0.145. The van der Waals surface area contributed by atoms with E-state index in [-0.39, 0.29) is 12.1 Å². The average Bonchev–Trinajstić information content (AvgIpc) is 2.15. The number of methoxy groups -OCH3 is 1. The lowest BCUT2D eigenvalue weighted by Crippen LogP contribution is -2.10. The second-order valence-corrected chi connectivity index (χ2v) is 2.97. The van der Waals surface area contributed by atoms with Crippen molar-refractivity contribution in [1.29, 1.82) is 0 Å². The van der Waals surface area contributed by atoms with Crippen molar-refractivity contribution in [2.75, 3.05) is 7.11 Å². The van der Waals surface area contributed by atoms with Gasteiger partial charge in [0.2, 0.25) is 0 Å². The highest BCUT2D eigenvalue weighted by molar-refractivity contribution is 5.82. The van der Waals surface area contributed by atoms with Gasteiger partial charge in [0.05, 0.1) is 7.11 Å². The van der Waals surface area contributed by atoms with Crippen LogP contribution in [0.1, 0.15) is 20.3 Å². The summed E-state index contributed by atoms with van der Waals surface area (Å²) < 4.78 is 9.29. The number of rotatable bonds is 5. The molecule has 0 saturated carbocycles. The molecule has 0 aliphatic heterocycles. The maximum Gasteiger partial charge on any atom is 0.330 e. The number of carbonyl (C=O) groups excluding carboxylic acids is 2. The predicted octanol–water partition coefficient (Wildman–Crippen LogP) is 1.61. The molecular weight excluding hydrogens is 196 g/mol. The summed E-state index contributed by atoms with van der Waals surface area (Å²) in [4.78, 5) is 21.2. The SMILES string of the molecule is COC(=O)/C=C\C=C\C[C@@H](C)OC(C)=O. The van der Waals surface area contributed by atoms with Crippen molar-refractivity contribution in [1.82, 2.24) is 0 Å². The van der Waals surface area contributed by atoms with Gasteiger partial charge in [0.25, 0.3) is 0 Å². The molecule has 15 heavy (non-hydrogen) atoms. The Bertz CT molecular complexity index is 266. The fourth-order valence-corrected chi connectivity index (χ4v) is 0.882. The number of allylic oxidation sites excluding steroid dienone is 2. The summed E-state index contributed by atoms with van der Waals surface area (Å²) >= 11 is 0. The first-order valence-electron chi connectivity index (χ1n) is 4.64. The van der Waals surface area contributed by atoms with Gasteiger partial charge in [0, 0.05) is 19.4 Å². The van der Waals surface area contributed by atoms with Crippen LogP contribution in [0.25, 0.3) is 0 Å². The van der Waals surface area contributed by atoms with Crippen molar-refractivity contribution in [3.8, 4) is 0 Å². The molecule has 0 aromatic carbocycles. The molecule has 0 aliphatic carbocycles. The van der Waals surface area contributed by atoms with Gasteiger partial charge in [-0.25, -0.2) is 4.79 Å². The Kier molecular flexibility index (Phi) is 6.97. The van der Waals surface area contributed by atoms with Gasteiger partial charge >= 0.3 is 11.9 Å². The summed E-state index contributed by atoms with van der Waals surface area (Å²) in [7, 11) is 1.32. The Labute approximate surface area is 89.6 Å². The van der Waals surface area contributed by atoms with Gasteiger partial charge in [-0.3, -0.25) is 4.79 Å². The van der Waals surface area contributed by atoms with E-state index in [1.54, 1.807) is 19.1 Å². The molecule has 0 saturated heterocycles. The molecule has 84 valence electrons. The predicted molar refractivity (Wildman–Crippen MR) is 56.1 cm³/mol. The minimum absolute atomic E-state index is 0.148. The normalized spacial score (nSPS) is 13.0. The third kappa shape index (κ3) is 8.74. The highest BCUT2D eigenvalue weighted by Gasteiger charge is 2.01. The standard InChI is InChI=1S/C11H16O4/c1-9(15-10(2)12)7-5-4-6-8-11(13)14-3/h4-6,8-9H,7H2,1-3H3/b5-4+,8-6-/t9-/m1/s1. The summed E-state index contributed by atoms with van der Waals surface area (Å²) in [6.45, 7) is 3.17. The van der Waals surface area contributed by atoms with E-state index in [1.807, 2.05) is 6.08 Å². The monoisotopic (exact) mass is 212 g/mol. The lowest BCUT2D eigenvalue weighted by atomic mass is 10.2. The number of ether oxygens (including phenoxy) is 2. The summed E-state index contributed by atoms with van der Waals surface area (Å²) in [5, 5.41) is 0. The summed E-state index contributed by atoms with van der Waals surface area (Å²) in [6, 6.07) is 0.